The van der Waals surface area contributed by atoms with Gasteiger partial charge in [0.15, 0.2) is 0 Å². The monoisotopic (exact) mass is 214 g/mol. The Hall–Kier alpha value is -0.610. The number of amides is 1. The Morgan fingerprint density at radius 1 is 1.47 bits per heavy atom. The number of nitrogens with zero attached hydrogens (tertiary/aromatic N) is 1. The average Bonchev–Trinajstić information content (AvgIpc) is 2.50. The minimum Gasteiger partial charge on any atom is -0.378 e. The molecular formula is C11H22N2O2. The topological polar surface area (TPSA) is 55.6 Å². The van der Waals surface area contributed by atoms with E-state index in [2.05, 4.69) is 6.92 Å². The van der Waals surface area contributed by atoms with Crippen molar-refractivity contribution in [2.24, 2.45) is 5.73 Å². The molecule has 1 aliphatic rings. The van der Waals surface area contributed by atoms with Crippen molar-refractivity contribution in [3.63, 3.8) is 0 Å². The summed E-state index contributed by atoms with van der Waals surface area (Å²) in [5.74, 6) is 0.0612. The summed E-state index contributed by atoms with van der Waals surface area (Å²) in [4.78, 5) is 13.3. The molecule has 1 aliphatic heterocycles. The second-order valence-corrected chi connectivity index (χ2v) is 4.01. The van der Waals surface area contributed by atoms with Crippen molar-refractivity contribution in [3.8, 4) is 0 Å². The number of hydrogen-bond donors (Lipinski definition) is 1. The van der Waals surface area contributed by atoms with Gasteiger partial charge in [-0.1, -0.05) is 6.92 Å². The maximum Gasteiger partial charge on any atom is 0.236 e. The van der Waals surface area contributed by atoms with E-state index in [1.807, 2.05) is 4.90 Å². The third-order valence-corrected chi connectivity index (χ3v) is 2.76. The molecule has 1 unspecified atom stereocenters. The normalized spacial score (nSPS) is 22.5. The van der Waals surface area contributed by atoms with Crippen LogP contribution < -0.4 is 5.73 Å². The Morgan fingerprint density at radius 2 is 2.27 bits per heavy atom. The third-order valence-electron chi connectivity index (χ3n) is 2.76. The van der Waals surface area contributed by atoms with Crippen LogP contribution in [0.25, 0.3) is 0 Å². The highest BCUT2D eigenvalue weighted by Crippen LogP contribution is 2.14. The summed E-state index contributed by atoms with van der Waals surface area (Å²) in [6, 6.07) is 0. The smallest absolute Gasteiger partial charge is 0.236 e. The fourth-order valence-corrected chi connectivity index (χ4v) is 1.90. The third kappa shape index (κ3) is 4.18. The van der Waals surface area contributed by atoms with Crippen molar-refractivity contribution in [3.05, 3.63) is 0 Å². The van der Waals surface area contributed by atoms with Crippen LogP contribution in [0.15, 0.2) is 0 Å². The van der Waals surface area contributed by atoms with E-state index in [4.69, 9.17) is 10.5 Å². The molecule has 0 bridgehead atoms. The van der Waals surface area contributed by atoms with E-state index in [1.54, 1.807) is 0 Å². The van der Waals surface area contributed by atoms with Gasteiger partial charge in [-0.25, -0.2) is 0 Å². The second-order valence-electron chi connectivity index (χ2n) is 4.01. The van der Waals surface area contributed by atoms with Crippen LogP contribution in [0.1, 0.15) is 32.6 Å². The highest BCUT2D eigenvalue weighted by atomic mass is 16.5. The van der Waals surface area contributed by atoms with Crippen molar-refractivity contribution in [2.75, 3.05) is 26.2 Å². The number of rotatable bonds is 4. The lowest BCUT2D eigenvalue weighted by atomic mass is 10.2. The van der Waals surface area contributed by atoms with Gasteiger partial charge in [0.1, 0.15) is 0 Å². The molecule has 2 N–H and O–H groups in total. The zero-order valence-corrected chi connectivity index (χ0v) is 9.58. The molecule has 1 rings (SSSR count). The zero-order chi connectivity index (χ0) is 11.1. The second kappa shape index (κ2) is 6.80. The first-order valence-corrected chi connectivity index (χ1v) is 5.87. The fraction of sp³-hybridized carbons (Fsp3) is 0.909. The van der Waals surface area contributed by atoms with E-state index in [9.17, 15) is 4.79 Å². The van der Waals surface area contributed by atoms with Crippen LogP contribution in [0.3, 0.4) is 0 Å². The van der Waals surface area contributed by atoms with E-state index >= 15 is 0 Å². The molecule has 4 heteroatoms. The van der Waals surface area contributed by atoms with Crippen LogP contribution in [0.4, 0.5) is 0 Å². The molecule has 1 heterocycles. The van der Waals surface area contributed by atoms with E-state index in [-0.39, 0.29) is 12.5 Å². The maximum atomic E-state index is 11.4. The standard InChI is InChI=1S/C11H22N2O2/c1-2-8-15-10-4-3-6-13(7-5-10)11(14)9-12/h10H,2-9,12H2,1H3. The van der Waals surface area contributed by atoms with E-state index in [0.29, 0.717) is 6.10 Å². The summed E-state index contributed by atoms with van der Waals surface area (Å²) >= 11 is 0. The summed E-state index contributed by atoms with van der Waals surface area (Å²) in [5.41, 5.74) is 5.35. The molecule has 88 valence electrons. The van der Waals surface area contributed by atoms with Gasteiger partial charge in [0, 0.05) is 19.7 Å². The number of carbonyl (C=O) groups excluding carboxylic acids is 1. The molecule has 0 aromatic carbocycles. The van der Waals surface area contributed by atoms with Crippen LogP contribution in [0.2, 0.25) is 0 Å². The molecule has 0 radical (unpaired) electrons. The number of hydrogen-bond acceptors (Lipinski definition) is 3. The predicted octanol–water partition coefficient (Wildman–Crippen LogP) is 0.753. The Labute approximate surface area is 91.8 Å². The minimum absolute atomic E-state index is 0.0612. The van der Waals surface area contributed by atoms with Gasteiger partial charge in [-0.3, -0.25) is 4.79 Å². The molecule has 0 aromatic heterocycles. The molecule has 1 atom stereocenters. The first kappa shape index (κ1) is 12.5. The van der Waals surface area contributed by atoms with E-state index in [1.165, 1.54) is 0 Å². The molecule has 0 aromatic rings. The molecular weight excluding hydrogens is 192 g/mol. The largest absolute Gasteiger partial charge is 0.378 e. The van der Waals surface area contributed by atoms with Crippen molar-refractivity contribution < 1.29 is 9.53 Å². The van der Waals surface area contributed by atoms with Crippen molar-refractivity contribution >= 4 is 5.91 Å². The lowest BCUT2D eigenvalue weighted by molar-refractivity contribution is -0.129. The van der Waals surface area contributed by atoms with Gasteiger partial charge >= 0.3 is 0 Å². The van der Waals surface area contributed by atoms with Gasteiger partial charge in [0.2, 0.25) is 5.91 Å². The molecule has 0 aliphatic carbocycles. The van der Waals surface area contributed by atoms with E-state index in [0.717, 1.165) is 45.4 Å². The Kier molecular flexibility index (Phi) is 5.65. The number of likely N-dealkylation sites (tertiary alicyclic amines) is 1. The highest BCUT2D eigenvalue weighted by molar-refractivity contribution is 5.77. The SMILES string of the molecule is CCCOC1CCCN(C(=O)CN)CC1. The van der Waals surface area contributed by atoms with E-state index < -0.39 is 0 Å². The molecule has 0 saturated carbocycles. The Bertz CT molecular complexity index is 197. The predicted molar refractivity (Wildman–Crippen MR) is 59.5 cm³/mol. The molecule has 1 saturated heterocycles. The Balaban J connectivity index is 2.31. The lowest BCUT2D eigenvalue weighted by Gasteiger charge is -2.19. The molecule has 0 spiro atoms. The van der Waals surface area contributed by atoms with Crippen LogP contribution in [0.5, 0.6) is 0 Å². The molecule has 1 fully saturated rings. The average molecular weight is 214 g/mol. The summed E-state index contributed by atoms with van der Waals surface area (Å²) < 4.78 is 5.70. The van der Waals surface area contributed by atoms with Gasteiger partial charge in [-0.15, -0.1) is 0 Å². The van der Waals surface area contributed by atoms with Crippen molar-refractivity contribution in [2.45, 2.75) is 38.7 Å². The van der Waals surface area contributed by atoms with Crippen molar-refractivity contribution in [1.82, 2.24) is 4.90 Å². The summed E-state index contributed by atoms with van der Waals surface area (Å²) in [6.07, 6.45) is 4.43. The molecule has 15 heavy (non-hydrogen) atoms. The minimum atomic E-state index is 0.0612. The first-order valence-electron chi connectivity index (χ1n) is 5.87. The number of nitrogens with two attached hydrogens (primary N) is 1. The maximum absolute atomic E-state index is 11.4. The lowest BCUT2D eigenvalue weighted by Crippen LogP contribution is -2.36. The van der Waals surface area contributed by atoms with Crippen molar-refractivity contribution in [1.29, 1.82) is 0 Å². The van der Waals surface area contributed by atoms with Crippen LogP contribution in [-0.2, 0) is 9.53 Å². The zero-order valence-electron chi connectivity index (χ0n) is 9.58. The van der Waals surface area contributed by atoms with Gasteiger partial charge < -0.3 is 15.4 Å². The number of carbonyl (C=O) groups is 1. The van der Waals surface area contributed by atoms with Crippen LogP contribution in [-0.4, -0.2) is 43.2 Å². The first-order chi connectivity index (χ1) is 7.27. The van der Waals surface area contributed by atoms with Crippen LogP contribution >= 0.6 is 0 Å². The van der Waals surface area contributed by atoms with Gasteiger partial charge in [-0.2, -0.15) is 0 Å². The molecule has 4 nitrogen and oxygen atoms in total. The highest BCUT2D eigenvalue weighted by Gasteiger charge is 2.19. The van der Waals surface area contributed by atoms with Gasteiger partial charge in [0.05, 0.1) is 12.6 Å². The summed E-state index contributed by atoms with van der Waals surface area (Å²) in [5, 5.41) is 0. The fourth-order valence-electron chi connectivity index (χ4n) is 1.90. The quantitative estimate of drug-likeness (QED) is 0.751. The van der Waals surface area contributed by atoms with Gasteiger partial charge in [-0.05, 0) is 25.7 Å². The number of ether oxygens (including phenoxy) is 1. The Morgan fingerprint density at radius 3 is 2.93 bits per heavy atom. The molecule has 1 amide bonds. The van der Waals surface area contributed by atoms with Crippen LogP contribution in [0, 0.1) is 0 Å². The van der Waals surface area contributed by atoms with Gasteiger partial charge in [0.25, 0.3) is 0 Å². The summed E-state index contributed by atoms with van der Waals surface area (Å²) in [6.45, 7) is 4.70. The summed E-state index contributed by atoms with van der Waals surface area (Å²) in [7, 11) is 0.